The number of halogens is 2. The number of nitrogens with zero attached hydrogens (tertiary/aromatic N) is 5. The molecule has 2 aromatic heterocycles. The number of hydrogen-bond donors (Lipinski definition) is 1. The number of nitrogens with one attached hydrogen (secondary N) is 1. The van der Waals surface area contributed by atoms with Crippen molar-refractivity contribution in [2.24, 2.45) is 0 Å². The highest BCUT2D eigenvalue weighted by atomic mass is 79.9. The summed E-state index contributed by atoms with van der Waals surface area (Å²) in [5, 5.41) is 12.3. The largest absolute Gasteiger partial charge is 0.464 e. The molecule has 0 aliphatic carbocycles. The van der Waals surface area contributed by atoms with Gasteiger partial charge in [-0.25, -0.2) is 19.0 Å². The minimum Gasteiger partial charge on any atom is -0.464 e. The first kappa shape index (κ1) is 37.5. The monoisotopic (exact) mass is 814 g/mol. The van der Waals surface area contributed by atoms with Crippen molar-refractivity contribution in [1.82, 2.24) is 29.8 Å². The van der Waals surface area contributed by atoms with Gasteiger partial charge in [-0.15, -0.1) is 0 Å². The minimum absolute atomic E-state index is 0. The minimum atomic E-state index is -0.390. The summed E-state index contributed by atoms with van der Waals surface area (Å²) in [6, 6.07) is 16.2. The molecule has 6 heterocycles. The second-order valence-electron chi connectivity index (χ2n) is 11.7. The lowest BCUT2D eigenvalue weighted by Gasteiger charge is -2.39. The first-order valence-electron chi connectivity index (χ1n) is 15.8. The molecule has 2 aromatic carbocycles. The van der Waals surface area contributed by atoms with Crippen LogP contribution in [0.15, 0.2) is 57.5 Å². The van der Waals surface area contributed by atoms with E-state index in [1.165, 1.54) is 14.2 Å². The van der Waals surface area contributed by atoms with Gasteiger partial charge in [0.25, 0.3) is 0 Å². The number of hydrogen-bond acceptors (Lipinski definition) is 11. The van der Waals surface area contributed by atoms with Crippen molar-refractivity contribution < 1.29 is 33.3 Å². The Morgan fingerprint density at radius 3 is 1.84 bits per heavy atom. The van der Waals surface area contributed by atoms with Crippen LogP contribution >= 0.6 is 31.9 Å². The van der Waals surface area contributed by atoms with Gasteiger partial charge in [-0.3, -0.25) is 9.69 Å². The van der Waals surface area contributed by atoms with Crippen LogP contribution in [0.25, 0.3) is 11.4 Å². The van der Waals surface area contributed by atoms with Crippen LogP contribution in [0, 0.1) is 0 Å². The molecule has 4 aromatic rings. The molecule has 8 rings (SSSR count). The molecule has 0 saturated carbocycles. The summed E-state index contributed by atoms with van der Waals surface area (Å²) in [6.45, 7) is 5.41. The van der Waals surface area contributed by atoms with Gasteiger partial charge in [0.2, 0.25) is 0 Å². The number of carbonyl (C=O) groups is 3. The SMILES string of the molecule is C.COC(=O)c1nn(-c2cccc(Br)c2)c2c1CN(C1COC1)CC2.COC(=O)c1nn(-c2cccc(Br)c2)c2c1CNCC2.O=C1COC1. The second kappa shape index (κ2) is 17.0. The number of fused-ring (bicyclic) bond motifs is 2. The quantitative estimate of drug-likeness (QED) is 0.286. The molecule has 1 N–H and O–H groups in total. The Bertz CT molecular complexity index is 1850. The molecule has 0 bridgehead atoms. The van der Waals surface area contributed by atoms with Crippen LogP contribution in [-0.2, 0) is 49.7 Å². The second-order valence-corrected chi connectivity index (χ2v) is 13.5. The Labute approximate surface area is 307 Å². The van der Waals surface area contributed by atoms with Crippen molar-refractivity contribution in [1.29, 1.82) is 0 Å². The van der Waals surface area contributed by atoms with E-state index in [0.29, 0.717) is 43.7 Å². The van der Waals surface area contributed by atoms with E-state index in [2.05, 4.69) is 57.0 Å². The molecule has 0 unspecified atom stereocenters. The molecule has 266 valence electrons. The molecule has 4 aliphatic rings. The van der Waals surface area contributed by atoms with Crippen molar-refractivity contribution in [2.45, 2.75) is 39.4 Å². The van der Waals surface area contributed by atoms with Gasteiger partial charge >= 0.3 is 11.9 Å². The normalized spacial score (nSPS) is 16.4. The number of ketones is 1. The van der Waals surface area contributed by atoms with E-state index >= 15 is 0 Å². The van der Waals surface area contributed by atoms with E-state index in [0.717, 1.165) is 82.0 Å². The van der Waals surface area contributed by atoms with Crippen molar-refractivity contribution in [3.8, 4) is 11.4 Å². The third-order valence-corrected chi connectivity index (χ3v) is 9.53. The fourth-order valence-electron chi connectivity index (χ4n) is 5.88. The predicted octanol–water partition coefficient (Wildman–Crippen LogP) is 4.47. The molecule has 2 saturated heterocycles. The Morgan fingerprint density at radius 1 is 0.840 bits per heavy atom. The molecule has 0 amide bonds. The van der Waals surface area contributed by atoms with Crippen LogP contribution in [-0.4, -0.2) is 102 Å². The van der Waals surface area contributed by atoms with E-state index in [9.17, 15) is 14.4 Å². The fraction of sp³-hybridized carbons (Fsp3) is 0.400. The van der Waals surface area contributed by atoms with Crippen LogP contribution in [0.5, 0.6) is 0 Å². The Kier molecular flexibility index (Phi) is 12.7. The summed E-state index contributed by atoms with van der Waals surface area (Å²) >= 11 is 6.96. The molecule has 50 heavy (non-hydrogen) atoms. The average molecular weight is 817 g/mol. The van der Waals surface area contributed by atoms with E-state index in [4.69, 9.17) is 14.2 Å². The van der Waals surface area contributed by atoms with Crippen molar-refractivity contribution in [3.63, 3.8) is 0 Å². The molecule has 13 nitrogen and oxygen atoms in total. The van der Waals surface area contributed by atoms with E-state index in [-0.39, 0.29) is 19.2 Å². The van der Waals surface area contributed by atoms with Crippen LogP contribution in [0.2, 0.25) is 0 Å². The number of esters is 2. The van der Waals surface area contributed by atoms with Gasteiger partial charge in [0, 0.05) is 59.1 Å². The third-order valence-electron chi connectivity index (χ3n) is 8.54. The zero-order chi connectivity index (χ0) is 34.5. The smallest absolute Gasteiger partial charge is 0.358 e. The summed E-state index contributed by atoms with van der Waals surface area (Å²) in [6.07, 6.45) is 1.69. The first-order chi connectivity index (χ1) is 23.8. The summed E-state index contributed by atoms with van der Waals surface area (Å²) in [7, 11) is 2.77. The Hall–Kier alpha value is -3.73. The number of rotatable bonds is 5. The molecular formula is C35H40Br2N6O7. The molecule has 0 radical (unpaired) electrons. The lowest BCUT2D eigenvalue weighted by molar-refractivity contribution is -0.140. The lowest BCUT2D eigenvalue weighted by Crippen LogP contribution is -2.50. The van der Waals surface area contributed by atoms with Gasteiger partial charge in [0.05, 0.1) is 56.2 Å². The average Bonchev–Trinajstić information content (AvgIpc) is 3.66. The molecule has 15 heteroatoms. The van der Waals surface area contributed by atoms with Gasteiger partial charge < -0.3 is 24.3 Å². The Morgan fingerprint density at radius 2 is 1.38 bits per heavy atom. The van der Waals surface area contributed by atoms with E-state index in [1.807, 2.05) is 57.9 Å². The number of carbonyl (C=O) groups excluding carboxylic acids is 3. The summed E-state index contributed by atoms with van der Waals surface area (Å²) in [4.78, 5) is 36.2. The van der Waals surface area contributed by atoms with Crippen LogP contribution in [0.1, 0.15) is 50.9 Å². The molecule has 0 atom stereocenters. The van der Waals surface area contributed by atoms with E-state index in [1.54, 1.807) is 0 Å². The number of aromatic nitrogens is 4. The molecule has 2 fully saturated rings. The first-order valence-corrected chi connectivity index (χ1v) is 17.4. The highest BCUT2D eigenvalue weighted by molar-refractivity contribution is 9.10. The summed E-state index contributed by atoms with van der Waals surface area (Å²) in [5.41, 5.74) is 6.76. The maximum absolute atomic E-state index is 12.2. The molecule has 4 aliphatic heterocycles. The zero-order valence-corrected chi connectivity index (χ0v) is 30.3. The van der Waals surface area contributed by atoms with E-state index < -0.39 is 5.97 Å². The lowest BCUT2D eigenvalue weighted by atomic mass is 10.0. The maximum atomic E-state index is 12.2. The number of Topliss-reactive ketones (excluding diaryl/α,β-unsaturated/α-hetero) is 1. The van der Waals surface area contributed by atoms with Crippen molar-refractivity contribution in [3.05, 3.63) is 91.4 Å². The fourth-order valence-corrected chi connectivity index (χ4v) is 6.66. The van der Waals surface area contributed by atoms with Gasteiger partial charge in [0.1, 0.15) is 13.2 Å². The van der Waals surface area contributed by atoms with Crippen molar-refractivity contribution >= 4 is 49.6 Å². The predicted molar refractivity (Wildman–Crippen MR) is 192 cm³/mol. The van der Waals surface area contributed by atoms with Crippen LogP contribution in [0.3, 0.4) is 0 Å². The van der Waals surface area contributed by atoms with Crippen LogP contribution in [0.4, 0.5) is 0 Å². The zero-order valence-electron chi connectivity index (χ0n) is 27.1. The van der Waals surface area contributed by atoms with Crippen molar-refractivity contribution in [2.75, 3.05) is 53.7 Å². The number of benzene rings is 2. The van der Waals surface area contributed by atoms with Gasteiger partial charge in [0.15, 0.2) is 17.2 Å². The topological polar surface area (TPSA) is 139 Å². The summed E-state index contributed by atoms with van der Waals surface area (Å²) in [5.74, 6) is -0.560. The van der Waals surface area contributed by atoms with Gasteiger partial charge in [-0.2, -0.15) is 10.2 Å². The molecule has 0 spiro atoms. The highest BCUT2D eigenvalue weighted by Crippen LogP contribution is 2.29. The van der Waals surface area contributed by atoms with Crippen LogP contribution < -0.4 is 5.32 Å². The highest BCUT2D eigenvalue weighted by Gasteiger charge is 2.34. The number of methoxy groups -OCH3 is 2. The maximum Gasteiger partial charge on any atom is 0.358 e. The standard InChI is InChI=1S/C17H18BrN3O3.C14H14BrN3O2.C3H4O2.CH4/c1-23-17(22)16-14-8-20(13-9-24-10-13)6-5-15(14)21(19-16)12-4-2-3-11(18)7-12;1-20-14(19)13-11-8-16-6-5-12(11)18(17-13)10-4-2-3-9(15)7-10;4-3-1-5-2-3;/h2-4,7,13H,5-6,8-10H2,1H3;2-4,7,16H,5-6,8H2,1H3;1-2H2;1H4. The molecular weight excluding hydrogens is 776 g/mol. The van der Waals surface area contributed by atoms with Gasteiger partial charge in [-0.1, -0.05) is 51.4 Å². The Balaban J connectivity index is 0.000000169. The number of ether oxygens (including phenoxy) is 4. The van der Waals surface area contributed by atoms with Gasteiger partial charge in [-0.05, 0) is 36.4 Å². The third kappa shape index (κ3) is 8.24. The summed E-state index contributed by atoms with van der Waals surface area (Å²) < 4.78 is 25.2.